The van der Waals surface area contributed by atoms with E-state index in [0.717, 1.165) is 11.1 Å². The van der Waals surface area contributed by atoms with E-state index in [4.69, 9.17) is 4.74 Å². The van der Waals surface area contributed by atoms with Crippen molar-refractivity contribution < 1.29 is 14.6 Å². The number of aliphatic hydroxyl groups is 1. The van der Waals surface area contributed by atoms with Crippen LogP contribution in [0.3, 0.4) is 0 Å². The molecule has 0 aromatic heterocycles. The number of hydrogen-bond acceptors (Lipinski definition) is 3. The van der Waals surface area contributed by atoms with Crippen molar-refractivity contribution in [3.05, 3.63) is 65.7 Å². The lowest BCUT2D eigenvalue weighted by Gasteiger charge is -2.11. The van der Waals surface area contributed by atoms with Crippen molar-refractivity contribution in [1.29, 1.82) is 0 Å². The van der Waals surface area contributed by atoms with Crippen molar-refractivity contribution in [1.82, 2.24) is 0 Å². The summed E-state index contributed by atoms with van der Waals surface area (Å²) in [5.41, 5.74) is 1.14. The average Bonchev–Trinajstić information content (AvgIpc) is 2.39. The standard InChI is InChI=1S/C14H13O3P/c15-13(10-4-2-1-3-5-10)11-6-8-12(9-7-11)17-14(16)18/h1-9,13,15H,18H2. The van der Waals surface area contributed by atoms with Gasteiger partial charge in [0, 0.05) is 0 Å². The second-order valence-electron chi connectivity index (χ2n) is 3.80. The molecule has 0 bridgehead atoms. The van der Waals surface area contributed by atoms with E-state index in [1.54, 1.807) is 24.3 Å². The molecule has 2 rings (SSSR count). The van der Waals surface area contributed by atoms with Gasteiger partial charge in [0.1, 0.15) is 11.9 Å². The van der Waals surface area contributed by atoms with E-state index in [2.05, 4.69) is 0 Å². The van der Waals surface area contributed by atoms with Crippen LogP contribution in [0.4, 0.5) is 4.79 Å². The molecule has 0 saturated heterocycles. The maximum atomic E-state index is 10.7. The third-order valence-corrected chi connectivity index (χ3v) is 2.65. The summed E-state index contributed by atoms with van der Waals surface area (Å²) < 4.78 is 4.90. The molecule has 18 heavy (non-hydrogen) atoms. The lowest BCUT2D eigenvalue weighted by Crippen LogP contribution is -2.00. The third kappa shape index (κ3) is 3.16. The quantitative estimate of drug-likeness (QED) is 0.862. The van der Waals surface area contributed by atoms with E-state index in [1.807, 2.05) is 39.6 Å². The molecule has 0 aliphatic carbocycles. The van der Waals surface area contributed by atoms with Crippen molar-refractivity contribution in [3.63, 3.8) is 0 Å². The minimum absolute atomic E-state index is 0.439. The number of benzene rings is 2. The summed E-state index contributed by atoms with van der Waals surface area (Å²) >= 11 is 0. The van der Waals surface area contributed by atoms with Gasteiger partial charge in [-0.25, -0.2) is 4.79 Å². The first kappa shape index (κ1) is 12.7. The molecule has 0 fully saturated rings. The topological polar surface area (TPSA) is 46.5 Å². The largest absolute Gasteiger partial charge is 0.424 e. The van der Waals surface area contributed by atoms with E-state index in [1.165, 1.54) is 0 Å². The fourth-order valence-corrected chi connectivity index (χ4v) is 1.80. The fraction of sp³-hybridized carbons (Fsp3) is 0.0714. The van der Waals surface area contributed by atoms with Gasteiger partial charge in [-0.05, 0) is 32.5 Å². The summed E-state index contributed by atoms with van der Waals surface area (Å²) in [7, 11) is 1.95. The van der Waals surface area contributed by atoms with Crippen LogP contribution in [0.15, 0.2) is 54.6 Å². The Hall–Kier alpha value is -1.70. The molecule has 0 heterocycles. The van der Waals surface area contributed by atoms with Gasteiger partial charge < -0.3 is 9.84 Å². The molecule has 2 atom stereocenters. The SMILES string of the molecule is O=C(P)Oc1ccc(C(O)c2ccccc2)cc1. The maximum absolute atomic E-state index is 10.7. The van der Waals surface area contributed by atoms with Gasteiger partial charge in [0.05, 0.1) is 0 Å². The molecule has 0 aliphatic heterocycles. The first-order valence-corrected chi connectivity index (χ1v) is 6.05. The molecule has 4 heteroatoms. The Balaban J connectivity index is 2.17. The molecule has 0 saturated carbocycles. The van der Waals surface area contributed by atoms with Crippen molar-refractivity contribution in [2.45, 2.75) is 6.10 Å². The van der Waals surface area contributed by atoms with E-state index in [-0.39, 0.29) is 0 Å². The lowest BCUT2D eigenvalue weighted by molar-refractivity contribution is 0.220. The Morgan fingerprint density at radius 1 is 1.00 bits per heavy atom. The summed E-state index contributed by atoms with van der Waals surface area (Å²) in [5.74, 6) is 0.457. The lowest BCUT2D eigenvalue weighted by atomic mass is 10.0. The normalized spacial score (nSPS) is 11.9. The highest BCUT2D eigenvalue weighted by atomic mass is 31.0. The van der Waals surface area contributed by atoms with Crippen LogP contribution in [0.2, 0.25) is 0 Å². The van der Waals surface area contributed by atoms with Gasteiger partial charge in [0.2, 0.25) is 0 Å². The Kier molecular flexibility index (Phi) is 4.08. The Bertz CT molecular complexity index is 522. The number of hydrogen-bond donors (Lipinski definition) is 1. The van der Waals surface area contributed by atoms with E-state index in [9.17, 15) is 9.90 Å². The molecule has 2 unspecified atom stereocenters. The molecule has 0 amide bonds. The maximum Gasteiger partial charge on any atom is 0.325 e. The monoisotopic (exact) mass is 260 g/mol. The number of aliphatic hydroxyl groups excluding tert-OH is 1. The highest BCUT2D eigenvalue weighted by Crippen LogP contribution is 2.23. The number of carbonyl (C=O) groups excluding carboxylic acids is 1. The van der Waals surface area contributed by atoms with Gasteiger partial charge in [0.25, 0.3) is 0 Å². The summed E-state index contributed by atoms with van der Waals surface area (Å²) in [6.07, 6.45) is -0.674. The number of carbonyl (C=O) groups is 1. The highest BCUT2D eigenvalue weighted by Gasteiger charge is 2.09. The minimum Gasteiger partial charge on any atom is -0.424 e. The zero-order valence-corrected chi connectivity index (χ0v) is 10.8. The first-order valence-electron chi connectivity index (χ1n) is 5.47. The van der Waals surface area contributed by atoms with Crippen LogP contribution in [0.5, 0.6) is 5.75 Å². The fourth-order valence-electron chi connectivity index (χ4n) is 1.66. The third-order valence-electron chi connectivity index (χ3n) is 2.53. The van der Waals surface area contributed by atoms with E-state index in [0.29, 0.717) is 5.75 Å². The van der Waals surface area contributed by atoms with Crippen LogP contribution < -0.4 is 4.74 Å². The predicted molar refractivity (Wildman–Crippen MR) is 72.7 cm³/mol. The van der Waals surface area contributed by atoms with Crippen LogP contribution in [0.25, 0.3) is 0 Å². The summed E-state index contributed by atoms with van der Waals surface area (Å²) in [6, 6.07) is 16.2. The molecule has 3 nitrogen and oxygen atoms in total. The van der Waals surface area contributed by atoms with Crippen molar-refractivity contribution in [3.8, 4) is 5.75 Å². The molecule has 0 spiro atoms. The molecule has 2 aromatic rings. The molecule has 0 radical (unpaired) electrons. The van der Waals surface area contributed by atoms with Gasteiger partial charge in [-0.1, -0.05) is 42.5 Å². The molecular weight excluding hydrogens is 247 g/mol. The van der Waals surface area contributed by atoms with Gasteiger partial charge >= 0.3 is 5.71 Å². The van der Waals surface area contributed by atoms with Gasteiger partial charge in [-0.15, -0.1) is 0 Å². The second kappa shape index (κ2) is 5.76. The minimum atomic E-state index is -0.674. The van der Waals surface area contributed by atoms with E-state index >= 15 is 0 Å². The van der Waals surface area contributed by atoms with Crippen LogP contribution in [-0.2, 0) is 0 Å². The Morgan fingerprint density at radius 3 is 2.11 bits per heavy atom. The van der Waals surface area contributed by atoms with Crippen molar-refractivity contribution >= 4 is 15.0 Å². The second-order valence-corrected chi connectivity index (χ2v) is 4.27. The Labute approximate surface area is 108 Å². The van der Waals surface area contributed by atoms with Crippen LogP contribution in [-0.4, -0.2) is 10.8 Å². The summed E-state index contributed by atoms with van der Waals surface area (Å²) in [5, 5.41) is 10.2. The molecule has 0 aliphatic rings. The predicted octanol–water partition coefficient (Wildman–Crippen LogP) is 3.14. The first-order chi connectivity index (χ1) is 8.66. The van der Waals surface area contributed by atoms with Crippen LogP contribution in [0, 0.1) is 0 Å². The van der Waals surface area contributed by atoms with Gasteiger partial charge in [0.15, 0.2) is 0 Å². The zero-order valence-electron chi connectivity index (χ0n) is 9.61. The smallest absolute Gasteiger partial charge is 0.325 e. The van der Waals surface area contributed by atoms with Crippen LogP contribution in [0.1, 0.15) is 17.2 Å². The molecule has 2 aromatic carbocycles. The highest BCUT2D eigenvalue weighted by molar-refractivity contribution is 7.39. The summed E-state index contributed by atoms with van der Waals surface area (Å²) in [4.78, 5) is 10.7. The van der Waals surface area contributed by atoms with Gasteiger partial charge in [-0.3, -0.25) is 0 Å². The zero-order chi connectivity index (χ0) is 13.0. The number of rotatable bonds is 3. The van der Waals surface area contributed by atoms with E-state index < -0.39 is 11.8 Å². The van der Waals surface area contributed by atoms with Gasteiger partial charge in [-0.2, -0.15) is 0 Å². The molecule has 1 N–H and O–H groups in total. The number of ether oxygens (including phenoxy) is 1. The average molecular weight is 260 g/mol. The Morgan fingerprint density at radius 2 is 1.56 bits per heavy atom. The summed E-state index contributed by atoms with van der Waals surface area (Å²) in [6.45, 7) is 0. The molecular formula is C14H13O3P. The van der Waals surface area contributed by atoms with Crippen molar-refractivity contribution in [2.75, 3.05) is 0 Å². The van der Waals surface area contributed by atoms with Crippen LogP contribution >= 0.6 is 9.24 Å². The molecule has 92 valence electrons. The van der Waals surface area contributed by atoms with Crippen molar-refractivity contribution in [2.24, 2.45) is 0 Å².